The Labute approximate surface area is 166 Å². The number of benzene rings is 2. The Balaban J connectivity index is 1.72. The molecule has 7 heteroatoms. The summed E-state index contributed by atoms with van der Waals surface area (Å²) in [6.45, 7) is 2.05. The summed E-state index contributed by atoms with van der Waals surface area (Å²) in [4.78, 5) is 28.8. The molecule has 0 bridgehead atoms. The van der Waals surface area contributed by atoms with Gasteiger partial charge in [-0.25, -0.2) is 4.39 Å². The fourth-order valence-corrected chi connectivity index (χ4v) is 2.67. The van der Waals surface area contributed by atoms with Crippen molar-refractivity contribution in [1.82, 2.24) is 4.98 Å². The van der Waals surface area contributed by atoms with E-state index in [0.717, 1.165) is 12.5 Å². The van der Waals surface area contributed by atoms with Gasteiger partial charge in [0.2, 0.25) is 0 Å². The average molecular weight is 398 g/mol. The first-order chi connectivity index (χ1) is 13.5. The number of nitrogens with zero attached hydrogens (tertiary/aromatic N) is 1. The lowest BCUT2D eigenvalue weighted by Crippen LogP contribution is -2.16. The Hall–Kier alpha value is -3.25. The molecule has 0 saturated carbocycles. The van der Waals surface area contributed by atoms with Crippen LogP contribution in [0.2, 0.25) is 5.02 Å². The van der Waals surface area contributed by atoms with Crippen molar-refractivity contribution in [3.05, 3.63) is 88.5 Å². The summed E-state index contributed by atoms with van der Waals surface area (Å²) < 4.78 is 13.2. The Morgan fingerprint density at radius 3 is 2.07 bits per heavy atom. The van der Waals surface area contributed by atoms with Crippen LogP contribution in [0.25, 0.3) is 0 Å². The molecule has 5 nitrogen and oxygen atoms in total. The number of anilines is 2. The van der Waals surface area contributed by atoms with Crippen molar-refractivity contribution in [2.75, 3.05) is 10.6 Å². The summed E-state index contributed by atoms with van der Waals surface area (Å²) in [5, 5.41) is 5.26. The standard InChI is InChI=1S/C21H17ClFN3O2/c1-2-13-3-5-16(6-4-13)25-20(27)14-9-15(12-24-11-14)21(28)26-17-7-8-19(23)18(22)10-17/h3-12H,2H2,1H3,(H,25,27)(H,26,28). The topological polar surface area (TPSA) is 71.1 Å². The van der Waals surface area contributed by atoms with Crippen LogP contribution in [0.5, 0.6) is 0 Å². The van der Waals surface area contributed by atoms with E-state index in [2.05, 4.69) is 22.5 Å². The zero-order chi connectivity index (χ0) is 20.1. The Morgan fingerprint density at radius 1 is 0.929 bits per heavy atom. The van der Waals surface area contributed by atoms with E-state index >= 15 is 0 Å². The minimum atomic E-state index is -0.577. The van der Waals surface area contributed by atoms with Crippen LogP contribution in [0, 0.1) is 5.82 Å². The van der Waals surface area contributed by atoms with Crippen molar-refractivity contribution in [3.63, 3.8) is 0 Å². The maximum Gasteiger partial charge on any atom is 0.257 e. The molecule has 0 aliphatic carbocycles. The number of aromatic nitrogens is 1. The monoisotopic (exact) mass is 397 g/mol. The predicted octanol–water partition coefficient (Wildman–Crippen LogP) is 4.94. The summed E-state index contributed by atoms with van der Waals surface area (Å²) in [7, 11) is 0. The molecule has 0 spiro atoms. The minimum Gasteiger partial charge on any atom is -0.322 e. The average Bonchev–Trinajstić information content (AvgIpc) is 2.71. The van der Waals surface area contributed by atoms with E-state index < -0.39 is 11.7 Å². The number of pyridine rings is 1. The molecular weight excluding hydrogens is 381 g/mol. The lowest BCUT2D eigenvalue weighted by molar-refractivity contribution is 0.102. The van der Waals surface area contributed by atoms with Gasteiger partial charge in [-0.2, -0.15) is 0 Å². The van der Waals surface area contributed by atoms with Crippen LogP contribution >= 0.6 is 11.6 Å². The molecule has 0 saturated heterocycles. The third kappa shape index (κ3) is 4.72. The molecule has 0 aliphatic rings. The van der Waals surface area contributed by atoms with Gasteiger partial charge in [0.05, 0.1) is 16.1 Å². The SMILES string of the molecule is CCc1ccc(NC(=O)c2cncc(C(=O)Nc3ccc(F)c(Cl)c3)c2)cc1. The number of carbonyl (C=O) groups is 2. The van der Waals surface area contributed by atoms with Gasteiger partial charge in [0.25, 0.3) is 11.8 Å². The summed E-state index contributed by atoms with van der Waals surface area (Å²) in [6.07, 6.45) is 3.63. The smallest absolute Gasteiger partial charge is 0.257 e. The third-order valence-corrected chi connectivity index (χ3v) is 4.35. The number of halogens is 2. The molecule has 2 aromatic carbocycles. The highest BCUT2D eigenvalue weighted by atomic mass is 35.5. The van der Waals surface area contributed by atoms with Gasteiger partial charge in [-0.05, 0) is 48.4 Å². The van der Waals surface area contributed by atoms with E-state index in [9.17, 15) is 14.0 Å². The van der Waals surface area contributed by atoms with Crippen LogP contribution in [0.15, 0.2) is 60.9 Å². The molecule has 0 radical (unpaired) electrons. The van der Waals surface area contributed by atoms with Gasteiger partial charge >= 0.3 is 0 Å². The highest BCUT2D eigenvalue weighted by Crippen LogP contribution is 2.20. The van der Waals surface area contributed by atoms with Gasteiger partial charge in [0, 0.05) is 23.8 Å². The zero-order valence-electron chi connectivity index (χ0n) is 15.0. The van der Waals surface area contributed by atoms with E-state index in [0.29, 0.717) is 11.4 Å². The molecule has 0 atom stereocenters. The second kappa shape index (κ2) is 8.63. The van der Waals surface area contributed by atoms with Gasteiger partial charge in [0.15, 0.2) is 0 Å². The quantitative estimate of drug-likeness (QED) is 0.640. The van der Waals surface area contributed by atoms with Gasteiger partial charge in [-0.1, -0.05) is 30.7 Å². The van der Waals surface area contributed by atoms with Crippen LogP contribution in [0.3, 0.4) is 0 Å². The number of aryl methyl sites for hydroxylation is 1. The largest absolute Gasteiger partial charge is 0.322 e. The Kier molecular flexibility index (Phi) is 6.01. The summed E-state index contributed by atoms with van der Waals surface area (Å²) >= 11 is 5.71. The van der Waals surface area contributed by atoms with E-state index in [4.69, 9.17) is 11.6 Å². The third-order valence-electron chi connectivity index (χ3n) is 4.06. The first kappa shape index (κ1) is 19.5. The number of nitrogens with one attached hydrogen (secondary N) is 2. The number of rotatable bonds is 5. The molecule has 0 aliphatic heterocycles. The van der Waals surface area contributed by atoms with Gasteiger partial charge in [0.1, 0.15) is 5.82 Å². The maximum atomic E-state index is 13.2. The summed E-state index contributed by atoms with van der Waals surface area (Å²) in [6, 6.07) is 12.8. The fraction of sp³-hybridized carbons (Fsp3) is 0.0952. The summed E-state index contributed by atoms with van der Waals surface area (Å²) in [5.41, 5.74) is 2.58. The number of amides is 2. The van der Waals surface area contributed by atoms with Crippen molar-refractivity contribution in [2.24, 2.45) is 0 Å². The van der Waals surface area contributed by atoms with Crippen LogP contribution in [-0.2, 0) is 6.42 Å². The molecule has 3 aromatic rings. The van der Waals surface area contributed by atoms with Gasteiger partial charge < -0.3 is 10.6 Å². The summed E-state index contributed by atoms with van der Waals surface area (Å²) in [5.74, 6) is -1.44. The molecule has 2 N–H and O–H groups in total. The van der Waals surface area contributed by atoms with E-state index in [-0.39, 0.29) is 22.1 Å². The van der Waals surface area contributed by atoms with E-state index in [1.54, 1.807) is 0 Å². The lowest BCUT2D eigenvalue weighted by Gasteiger charge is -2.08. The minimum absolute atomic E-state index is 0.0989. The normalized spacial score (nSPS) is 10.4. The highest BCUT2D eigenvalue weighted by molar-refractivity contribution is 6.31. The van der Waals surface area contributed by atoms with Crippen LogP contribution < -0.4 is 10.6 Å². The molecule has 142 valence electrons. The second-order valence-electron chi connectivity index (χ2n) is 6.05. The van der Waals surface area contributed by atoms with Crippen molar-refractivity contribution in [3.8, 4) is 0 Å². The van der Waals surface area contributed by atoms with Crippen molar-refractivity contribution < 1.29 is 14.0 Å². The molecule has 28 heavy (non-hydrogen) atoms. The molecule has 0 unspecified atom stereocenters. The second-order valence-corrected chi connectivity index (χ2v) is 6.46. The van der Waals surface area contributed by atoms with Crippen LogP contribution in [-0.4, -0.2) is 16.8 Å². The van der Waals surface area contributed by atoms with Gasteiger partial charge in [-0.3, -0.25) is 14.6 Å². The van der Waals surface area contributed by atoms with Crippen molar-refractivity contribution in [1.29, 1.82) is 0 Å². The molecular formula is C21H17ClFN3O2. The van der Waals surface area contributed by atoms with Crippen molar-refractivity contribution in [2.45, 2.75) is 13.3 Å². The molecule has 3 rings (SSSR count). The number of hydrogen-bond acceptors (Lipinski definition) is 3. The highest BCUT2D eigenvalue weighted by Gasteiger charge is 2.13. The van der Waals surface area contributed by atoms with E-state index in [1.807, 2.05) is 24.3 Å². The molecule has 1 aromatic heterocycles. The molecule has 2 amide bonds. The lowest BCUT2D eigenvalue weighted by atomic mass is 10.1. The number of carbonyl (C=O) groups excluding carboxylic acids is 2. The fourth-order valence-electron chi connectivity index (χ4n) is 2.49. The maximum absolute atomic E-state index is 13.2. The molecule has 0 fully saturated rings. The first-order valence-electron chi connectivity index (χ1n) is 8.58. The van der Waals surface area contributed by atoms with Crippen molar-refractivity contribution >= 4 is 34.8 Å². The van der Waals surface area contributed by atoms with E-state index in [1.165, 1.54) is 36.2 Å². The zero-order valence-corrected chi connectivity index (χ0v) is 15.8. The van der Waals surface area contributed by atoms with Crippen LogP contribution in [0.4, 0.5) is 15.8 Å². The Bertz CT molecular complexity index is 1020. The van der Waals surface area contributed by atoms with Gasteiger partial charge in [-0.15, -0.1) is 0 Å². The predicted molar refractivity (Wildman–Crippen MR) is 107 cm³/mol. The number of hydrogen-bond donors (Lipinski definition) is 2. The van der Waals surface area contributed by atoms with Crippen LogP contribution in [0.1, 0.15) is 33.2 Å². The molecule has 1 heterocycles. The Morgan fingerprint density at radius 2 is 1.50 bits per heavy atom. The first-order valence-corrected chi connectivity index (χ1v) is 8.96.